The third kappa shape index (κ3) is 3.18. The largest absolute Gasteiger partial charge is 0.346 e. The van der Waals surface area contributed by atoms with Crippen LogP contribution in [0.5, 0.6) is 0 Å². The van der Waals surface area contributed by atoms with Gasteiger partial charge < -0.3 is 5.32 Å². The Morgan fingerprint density at radius 2 is 1.91 bits per heavy atom. The van der Waals surface area contributed by atoms with Crippen molar-refractivity contribution in [1.29, 1.82) is 0 Å². The molecule has 116 valence electrons. The van der Waals surface area contributed by atoms with E-state index in [-0.39, 0.29) is 17.8 Å². The number of nitrogens with one attached hydrogen (secondary N) is 1. The van der Waals surface area contributed by atoms with Crippen LogP contribution in [0.1, 0.15) is 16.1 Å². The predicted octanol–water partition coefficient (Wildman–Crippen LogP) is 1.27. The molecule has 23 heavy (non-hydrogen) atoms. The second-order valence-electron chi connectivity index (χ2n) is 4.50. The summed E-state index contributed by atoms with van der Waals surface area (Å²) in [7, 11) is 0. The van der Waals surface area contributed by atoms with Crippen LogP contribution in [-0.4, -0.2) is 30.9 Å². The zero-order valence-electron chi connectivity index (χ0n) is 11.6. The maximum absolute atomic E-state index is 13.5. The van der Waals surface area contributed by atoms with E-state index in [9.17, 15) is 13.6 Å². The summed E-state index contributed by atoms with van der Waals surface area (Å²) in [5.74, 6) is -1.65. The average Bonchev–Trinajstić information content (AvgIpc) is 3.09. The molecule has 7 nitrogen and oxygen atoms in total. The Balaban J connectivity index is 1.69. The van der Waals surface area contributed by atoms with Gasteiger partial charge in [-0.05, 0) is 24.3 Å². The summed E-state index contributed by atoms with van der Waals surface area (Å²) in [4.78, 5) is 15.7. The molecular weight excluding hydrogens is 306 g/mol. The van der Waals surface area contributed by atoms with E-state index in [4.69, 9.17) is 0 Å². The highest BCUT2D eigenvalue weighted by Gasteiger charge is 2.12. The lowest BCUT2D eigenvalue weighted by atomic mass is 10.2. The lowest BCUT2D eigenvalue weighted by Gasteiger charge is -2.07. The van der Waals surface area contributed by atoms with Crippen molar-refractivity contribution in [3.05, 3.63) is 65.9 Å². The molecule has 0 spiro atoms. The Hall–Kier alpha value is -3.23. The van der Waals surface area contributed by atoms with Crippen molar-refractivity contribution in [3.63, 3.8) is 0 Å². The van der Waals surface area contributed by atoms with E-state index >= 15 is 0 Å². The molecule has 1 N–H and O–H groups in total. The fourth-order valence-corrected chi connectivity index (χ4v) is 1.86. The van der Waals surface area contributed by atoms with Crippen LogP contribution in [0.25, 0.3) is 5.82 Å². The SMILES string of the molecule is O=C(NCc1c(F)cccc1F)c1ccc(-n2cncn2)nn1. The Morgan fingerprint density at radius 3 is 2.52 bits per heavy atom. The van der Waals surface area contributed by atoms with E-state index in [1.165, 1.54) is 35.5 Å². The molecule has 0 saturated carbocycles. The molecule has 2 heterocycles. The van der Waals surface area contributed by atoms with Gasteiger partial charge in [0, 0.05) is 12.1 Å². The van der Waals surface area contributed by atoms with Gasteiger partial charge in [-0.2, -0.15) is 5.10 Å². The number of halogens is 2. The first-order chi connectivity index (χ1) is 11.1. The molecule has 0 bridgehead atoms. The van der Waals surface area contributed by atoms with Gasteiger partial charge in [0.15, 0.2) is 11.5 Å². The quantitative estimate of drug-likeness (QED) is 0.783. The minimum Gasteiger partial charge on any atom is -0.346 e. The number of carbonyl (C=O) groups is 1. The van der Waals surface area contributed by atoms with Crippen molar-refractivity contribution < 1.29 is 13.6 Å². The number of aromatic nitrogens is 5. The molecule has 0 aliphatic heterocycles. The standard InChI is InChI=1S/C14H10F2N6O/c15-10-2-1-3-11(16)9(10)6-18-14(23)12-4-5-13(21-20-12)22-8-17-7-19-22/h1-5,7-8H,6H2,(H,18,23). The Kier molecular flexibility index (Phi) is 4.00. The third-order valence-corrected chi connectivity index (χ3v) is 3.02. The highest BCUT2D eigenvalue weighted by molar-refractivity contribution is 5.92. The molecule has 1 aromatic carbocycles. The molecule has 3 rings (SSSR count). The topological polar surface area (TPSA) is 85.6 Å². The molecule has 0 saturated heterocycles. The zero-order valence-corrected chi connectivity index (χ0v) is 11.6. The summed E-state index contributed by atoms with van der Waals surface area (Å²) >= 11 is 0. The number of hydrogen-bond donors (Lipinski definition) is 1. The van der Waals surface area contributed by atoms with Crippen LogP contribution in [-0.2, 0) is 6.54 Å². The summed E-state index contributed by atoms with van der Waals surface area (Å²) in [6.45, 7) is -0.288. The van der Waals surface area contributed by atoms with Crippen molar-refractivity contribution >= 4 is 5.91 Å². The van der Waals surface area contributed by atoms with Gasteiger partial charge in [0.1, 0.15) is 24.3 Å². The summed E-state index contributed by atoms with van der Waals surface area (Å²) in [6, 6.07) is 6.45. The first-order valence-electron chi connectivity index (χ1n) is 6.55. The molecule has 9 heteroatoms. The number of carbonyl (C=O) groups excluding carboxylic acids is 1. The first kappa shape index (κ1) is 14.7. The fourth-order valence-electron chi connectivity index (χ4n) is 1.86. The van der Waals surface area contributed by atoms with E-state index in [2.05, 4.69) is 25.6 Å². The second-order valence-corrected chi connectivity index (χ2v) is 4.50. The molecule has 1 amide bonds. The van der Waals surface area contributed by atoms with E-state index in [0.717, 1.165) is 12.1 Å². The summed E-state index contributed by atoms with van der Waals surface area (Å²) in [5, 5.41) is 13.9. The second kappa shape index (κ2) is 6.26. The number of hydrogen-bond acceptors (Lipinski definition) is 5. The first-order valence-corrected chi connectivity index (χ1v) is 6.55. The Morgan fingerprint density at radius 1 is 1.13 bits per heavy atom. The lowest BCUT2D eigenvalue weighted by Crippen LogP contribution is -2.25. The molecule has 0 radical (unpaired) electrons. The lowest BCUT2D eigenvalue weighted by molar-refractivity contribution is 0.0944. The van der Waals surface area contributed by atoms with Gasteiger partial charge >= 0.3 is 0 Å². The smallest absolute Gasteiger partial charge is 0.272 e. The van der Waals surface area contributed by atoms with Crippen molar-refractivity contribution in [3.8, 4) is 5.82 Å². The molecule has 0 aliphatic rings. The van der Waals surface area contributed by atoms with Crippen LogP contribution in [0.3, 0.4) is 0 Å². The van der Waals surface area contributed by atoms with Crippen LogP contribution in [0, 0.1) is 11.6 Å². The third-order valence-electron chi connectivity index (χ3n) is 3.02. The maximum atomic E-state index is 13.5. The van der Waals surface area contributed by atoms with E-state index in [1.807, 2.05) is 0 Å². The minimum atomic E-state index is -0.724. The molecule has 0 aliphatic carbocycles. The van der Waals surface area contributed by atoms with Crippen molar-refractivity contribution in [2.75, 3.05) is 0 Å². The van der Waals surface area contributed by atoms with E-state index < -0.39 is 17.5 Å². The number of rotatable bonds is 4. The van der Waals surface area contributed by atoms with Crippen molar-refractivity contribution in [2.45, 2.75) is 6.54 Å². The molecule has 0 atom stereocenters. The molecule has 3 aromatic rings. The summed E-state index contributed by atoms with van der Waals surface area (Å²) in [6.07, 6.45) is 2.77. The molecular formula is C14H10F2N6O. The van der Waals surface area contributed by atoms with E-state index in [1.54, 1.807) is 0 Å². The Labute approximate surface area is 129 Å². The molecule has 0 fully saturated rings. The van der Waals surface area contributed by atoms with Gasteiger partial charge in [0.05, 0.1) is 0 Å². The van der Waals surface area contributed by atoms with Gasteiger partial charge in [-0.15, -0.1) is 10.2 Å². The van der Waals surface area contributed by atoms with Crippen LogP contribution >= 0.6 is 0 Å². The minimum absolute atomic E-state index is 0.0191. The van der Waals surface area contributed by atoms with Gasteiger partial charge in [-0.25, -0.2) is 18.4 Å². The predicted molar refractivity (Wildman–Crippen MR) is 74.5 cm³/mol. The molecule has 0 unspecified atom stereocenters. The van der Waals surface area contributed by atoms with Crippen LogP contribution in [0.2, 0.25) is 0 Å². The normalized spacial score (nSPS) is 10.5. The van der Waals surface area contributed by atoms with Crippen molar-refractivity contribution in [1.82, 2.24) is 30.3 Å². The highest BCUT2D eigenvalue weighted by atomic mass is 19.1. The monoisotopic (exact) mass is 316 g/mol. The number of amides is 1. The van der Waals surface area contributed by atoms with Crippen LogP contribution in [0.15, 0.2) is 43.0 Å². The fraction of sp³-hybridized carbons (Fsp3) is 0.0714. The Bertz CT molecular complexity index is 800. The summed E-state index contributed by atoms with van der Waals surface area (Å²) in [5.41, 5.74) is -0.196. The van der Waals surface area contributed by atoms with Crippen molar-refractivity contribution in [2.24, 2.45) is 0 Å². The highest BCUT2D eigenvalue weighted by Crippen LogP contribution is 2.11. The van der Waals surface area contributed by atoms with Gasteiger partial charge in [0.2, 0.25) is 0 Å². The number of nitrogens with zero attached hydrogens (tertiary/aromatic N) is 5. The van der Waals surface area contributed by atoms with E-state index in [0.29, 0.717) is 5.82 Å². The van der Waals surface area contributed by atoms with Gasteiger partial charge in [-0.3, -0.25) is 4.79 Å². The summed E-state index contributed by atoms with van der Waals surface area (Å²) < 4.78 is 28.3. The maximum Gasteiger partial charge on any atom is 0.272 e. The van der Waals surface area contributed by atoms with Crippen LogP contribution < -0.4 is 5.32 Å². The van der Waals surface area contributed by atoms with Gasteiger partial charge in [-0.1, -0.05) is 6.07 Å². The van der Waals surface area contributed by atoms with Gasteiger partial charge in [0.25, 0.3) is 5.91 Å². The molecule has 2 aromatic heterocycles. The van der Waals surface area contributed by atoms with Crippen LogP contribution in [0.4, 0.5) is 8.78 Å². The number of benzene rings is 1. The zero-order chi connectivity index (χ0) is 16.2. The average molecular weight is 316 g/mol.